The molecule has 0 saturated carbocycles. The summed E-state index contributed by atoms with van der Waals surface area (Å²) in [5, 5.41) is 1.64. The van der Waals surface area contributed by atoms with Crippen LogP contribution in [0.1, 0.15) is 43.0 Å². The van der Waals surface area contributed by atoms with Gasteiger partial charge in [-0.05, 0) is 43.2 Å². The van der Waals surface area contributed by atoms with E-state index in [4.69, 9.17) is 0 Å². The normalized spacial score (nSPS) is 16.5. The van der Waals surface area contributed by atoms with Crippen molar-refractivity contribution >= 4 is 27.3 Å². The van der Waals surface area contributed by atoms with Crippen LogP contribution in [0.5, 0.6) is 0 Å². The fourth-order valence-corrected chi connectivity index (χ4v) is 3.80. The summed E-state index contributed by atoms with van der Waals surface area (Å²) >= 11 is 0. The first-order chi connectivity index (χ1) is 13.3. The predicted octanol–water partition coefficient (Wildman–Crippen LogP) is 3.60. The number of benzene rings is 2. The number of aryl methyl sites for hydroxylation is 1. The number of hydrogen-bond donors (Lipinski definition) is 2. The van der Waals surface area contributed by atoms with Gasteiger partial charge in [0.2, 0.25) is 15.9 Å². The zero-order valence-electron chi connectivity index (χ0n) is 16.3. The molecule has 148 valence electrons. The lowest BCUT2D eigenvalue weighted by atomic mass is 10.00. The van der Waals surface area contributed by atoms with Crippen LogP contribution in [-0.4, -0.2) is 25.1 Å². The summed E-state index contributed by atoms with van der Waals surface area (Å²) in [5.74, 6) is -0.00546. The Balaban J connectivity index is 1.97. The third kappa shape index (κ3) is 4.20. The molecule has 1 heterocycles. The summed E-state index contributed by atoms with van der Waals surface area (Å²) in [6.07, 6.45) is 2.39. The van der Waals surface area contributed by atoms with E-state index in [0.29, 0.717) is 12.1 Å². The second-order valence-electron chi connectivity index (χ2n) is 6.70. The van der Waals surface area contributed by atoms with Gasteiger partial charge < -0.3 is 0 Å². The van der Waals surface area contributed by atoms with Crippen LogP contribution in [-0.2, 0) is 14.8 Å². The number of carbonyl (C=O) groups is 1. The summed E-state index contributed by atoms with van der Waals surface area (Å²) < 4.78 is 26.3. The van der Waals surface area contributed by atoms with E-state index >= 15 is 0 Å². The van der Waals surface area contributed by atoms with Crippen molar-refractivity contribution < 1.29 is 13.2 Å². The second kappa shape index (κ2) is 8.06. The Morgan fingerprint density at radius 1 is 1.14 bits per heavy atom. The molecule has 0 spiro atoms. The van der Waals surface area contributed by atoms with Crippen molar-refractivity contribution in [3.63, 3.8) is 0 Å². The Morgan fingerprint density at radius 2 is 1.89 bits per heavy atom. The Kier molecular flexibility index (Phi) is 5.74. The van der Waals surface area contributed by atoms with Crippen LogP contribution in [0.2, 0.25) is 0 Å². The lowest BCUT2D eigenvalue weighted by Gasteiger charge is -2.26. The first-order valence-electron chi connectivity index (χ1n) is 9.31. The number of nitrogens with one attached hydrogen (secondary N) is 2. The van der Waals surface area contributed by atoms with Crippen molar-refractivity contribution in [2.75, 3.05) is 10.5 Å². The van der Waals surface area contributed by atoms with Crippen molar-refractivity contribution in [1.29, 1.82) is 0 Å². The topological polar surface area (TPSA) is 78.5 Å². The van der Waals surface area contributed by atoms with Gasteiger partial charge >= 0.3 is 0 Å². The van der Waals surface area contributed by atoms with Crippen LogP contribution in [0, 0.1) is 6.92 Å². The maximum absolute atomic E-state index is 12.5. The average Bonchev–Trinajstić information content (AvgIpc) is 3.13. The monoisotopic (exact) mass is 399 g/mol. The van der Waals surface area contributed by atoms with Crippen LogP contribution in [0.25, 0.3) is 5.70 Å². The first kappa shape index (κ1) is 19.9. The average molecular weight is 400 g/mol. The molecule has 0 radical (unpaired) electrons. The van der Waals surface area contributed by atoms with Crippen molar-refractivity contribution in [2.24, 2.45) is 0 Å². The quantitative estimate of drug-likeness (QED) is 0.778. The minimum Gasteiger partial charge on any atom is -0.295 e. The van der Waals surface area contributed by atoms with E-state index in [1.807, 2.05) is 50.3 Å². The molecule has 0 saturated heterocycles. The lowest BCUT2D eigenvalue weighted by Crippen LogP contribution is -2.39. The highest BCUT2D eigenvalue weighted by atomic mass is 32.2. The van der Waals surface area contributed by atoms with Gasteiger partial charge in [-0.25, -0.2) is 13.4 Å². The van der Waals surface area contributed by atoms with Crippen LogP contribution in [0.4, 0.5) is 5.69 Å². The smallest absolute Gasteiger partial charge is 0.241 e. The highest BCUT2D eigenvalue weighted by Gasteiger charge is 2.30. The Hall–Kier alpha value is -2.80. The molecule has 7 heteroatoms. The van der Waals surface area contributed by atoms with E-state index in [2.05, 4.69) is 10.1 Å². The Labute approximate surface area is 166 Å². The fraction of sp³-hybridized carbons (Fsp3) is 0.286. The van der Waals surface area contributed by atoms with Gasteiger partial charge in [0.25, 0.3) is 0 Å². The largest absolute Gasteiger partial charge is 0.295 e. The number of amides is 1. The molecule has 2 N–H and O–H groups in total. The molecule has 0 bridgehead atoms. The molecule has 0 aliphatic carbocycles. The SMILES string of the molecule is CCC(=O)N1NC(c2cccc(NS(=O)(=O)CC)c2)=CC1c1ccccc1C. The van der Waals surface area contributed by atoms with Gasteiger partial charge in [0, 0.05) is 17.7 Å². The number of anilines is 1. The summed E-state index contributed by atoms with van der Waals surface area (Å²) in [4.78, 5) is 12.5. The zero-order chi connectivity index (χ0) is 20.3. The highest BCUT2D eigenvalue weighted by Crippen LogP contribution is 2.33. The second-order valence-corrected chi connectivity index (χ2v) is 8.71. The predicted molar refractivity (Wildman–Crippen MR) is 112 cm³/mol. The molecule has 2 aromatic rings. The number of carbonyl (C=O) groups excluding carboxylic acids is 1. The number of rotatable bonds is 6. The number of sulfonamides is 1. The van der Waals surface area contributed by atoms with E-state index in [-0.39, 0.29) is 17.7 Å². The lowest BCUT2D eigenvalue weighted by molar-refractivity contribution is -0.134. The van der Waals surface area contributed by atoms with Crippen LogP contribution >= 0.6 is 0 Å². The molecule has 1 atom stereocenters. The van der Waals surface area contributed by atoms with Crippen LogP contribution < -0.4 is 10.1 Å². The van der Waals surface area contributed by atoms with E-state index in [9.17, 15) is 13.2 Å². The van der Waals surface area contributed by atoms with Gasteiger partial charge in [-0.2, -0.15) is 0 Å². The summed E-state index contributed by atoms with van der Waals surface area (Å²) in [6, 6.07) is 14.9. The molecule has 0 aromatic heterocycles. The Bertz CT molecular complexity index is 1020. The fourth-order valence-electron chi connectivity index (χ4n) is 3.17. The zero-order valence-corrected chi connectivity index (χ0v) is 17.1. The minimum atomic E-state index is -3.35. The van der Waals surface area contributed by atoms with Gasteiger partial charge in [-0.15, -0.1) is 0 Å². The number of nitrogens with zero attached hydrogens (tertiary/aromatic N) is 1. The van der Waals surface area contributed by atoms with Gasteiger partial charge in [0.1, 0.15) is 0 Å². The minimum absolute atomic E-state index is 0.00626. The standard InChI is InChI=1S/C21H25N3O3S/c1-4-21(25)24-20(18-12-7-6-9-15(18)3)14-19(22-24)16-10-8-11-17(13-16)23-28(26,27)5-2/h6-14,20,22-23H,4-5H2,1-3H3. The van der Waals surface area contributed by atoms with Gasteiger partial charge in [-0.3, -0.25) is 14.9 Å². The molecule has 1 amide bonds. The Morgan fingerprint density at radius 3 is 2.57 bits per heavy atom. The van der Waals surface area contributed by atoms with E-state index in [0.717, 1.165) is 22.4 Å². The molecule has 28 heavy (non-hydrogen) atoms. The number of hydrazine groups is 1. The van der Waals surface area contributed by atoms with Crippen molar-refractivity contribution in [2.45, 2.75) is 33.2 Å². The van der Waals surface area contributed by atoms with E-state index in [1.54, 1.807) is 30.1 Å². The number of hydrogen-bond acceptors (Lipinski definition) is 4. The maximum atomic E-state index is 12.5. The molecule has 3 rings (SSSR count). The molecule has 1 aliphatic rings. The van der Waals surface area contributed by atoms with E-state index < -0.39 is 10.0 Å². The summed E-state index contributed by atoms with van der Waals surface area (Å²) in [7, 11) is -3.35. The molecular formula is C21H25N3O3S. The van der Waals surface area contributed by atoms with Crippen molar-refractivity contribution in [3.8, 4) is 0 Å². The molecule has 1 unspecified atom stereocenters. The van der Waals surface area contributed by atoms with Crippen LogP contribution in [0.15, 0.2) is 54.6 Å². The first-order valence-corrected chi connectivity index (χ1v) is 11.0. The van der Waals surface area contributed by atoms with Crippen molar-refractivity contribution in [1.82, 2.24) is 10.4 Å². The van der Waals surface area contributed by atoms with Gasteiger partial charge in [0.15, 0.2) is 0 Å². The van der Waals surface area contributed by atoms with E-state index in [1.165, 1.54) is 0 Å². The molecular weight excluding hydrogens is 374 g/mol. The summed E-state index contributed by atoms with van der Waals surface area (Å²) in [5.41, 5.74) is 7.43. The summed E-state index contributed by atoms with van der Waals surface area (Å²) in [6.45, 7) is 5.45. The highest BCUT2D eigenvalue weighted by molar-refractivity contribution is 7.92. The van der Waals surface area contributed by atoms with Crippen LogP contribution in [0.3, 0.4) is 0 Å². The van der Waals surface area contributed by atoms with Crippen molar-refractivity contribution in [3.05, 3.63) is 71.3 Å². The third-order valence-corrected chi connectivity index (χ3v) is 6.06. The molecule has 0 fully saturated rings. The maximum Gasteiger partial charge on any atom is 0.241 e. The molecule has 6 nitrogen and oxygen atoms in total. The third-order valence-electron chi connectivity index (χ3n) is 4.75. The molecule has 1 aliphatic heterocycles. The molecule has 2 aromatic carbocycles. The van der Waals surface area contributed by atoms with Gasteiger partial charge in [0.05, 0.1) is 17.5 Å². The van der Waals surface area contributed by atoms with Gasteiger partial charge in [-0.1, -0.05) is 43.3 Å².